The number of hydrogen-bond acceptors (Lipinski definition) is 1. The van der Waals surface area contributed by atoms with Gasteiger partial charge in [-0.15, -0.1) is 22.9 Å². The maximum absolute atomic E-state index is 6.67. The van der Waals surface area contributed by atoms with E-state index in [1.54, 1.807) is 11.3 Å². The summed E-state index contributed by atoms with van der Waals surface area (Å²) >= 11 is 21.7. The molecule has 1 atom stereocenters. The fourth-order valence-electron chi connectivity index (χ4n) is 2.12. The molecule has 0 aliphatic carbocycles. The average molecular weight is 451 g/mol. The van der Waals surface area contributed by atoms with Crippen LogP contribution in [0.2, 0.25) is 5.02 Å². The Kier molecular flexibility index (Phi) is 4.44. The Morgan fingerprint density at radius 3 is 2.45 bits per heavy atom. The van der Waals surface area contributed by atoms with Crippen molar-refractivity contribution in [2.75, 3.05) is 0 Å². The molecule has 0 radical (unpaired) electrons. The molecule has 0 fully saturated rings. The van der Waals surface area contributed by atoms with Crippen LogP contribution in [-0.2, 0) is 0 Å². The summed E-state index contributed by atoms with van der Waals surface area (Å²) in [5, 5.41) is 3.68. The van der Waals surface area contributed by atoms with Gasteiger partial charge in [-0.2, -0.15) is 0 Å². The van der Waals surface area contributed by atoms with Gasteiger partial charge in [-0.1, -0.05) is 35.9 Å². The molecule has 0 amide bonds. The van der Waals surface area contributed by atoms with Crippen LogP contribution >= 0.6 is 66.4 Å². The van der Waals surface area contributed by atoms with Gasteiger partial charge in [0.25, 0.3) is 0 Å². The van der Waals surface area contributed by atoms with E-state index in [0.717, 1.165) is 20.1 Å². The minimum atomic E-state index is -0.261. The van der Waals surface area contributed by atoms with Crippen LogP contribution in [0.25, 0.3) is 10.1 Å². The number of benzene rings is 2. The maximum atomic E-state index is 6.67. The number of rotatable bonds is 2. The highest BCUT2D eigenvalue weighted by molar-refractivity contribution is 9.11. The average Bonchev–Trinajstić information content (AvgIpc) is 2.86. The summed E-state index contributed by atoms with van der Waals surface area (Å²) in [6.45, 7) is 0. The van der Waals surface area contributed by atoms with E-state index in [1.165, 1.54) is 10.1 Å². The lowest BCUT2D eigenvalue weighted by atomic mass is 10.0. The lowest BCUT2D eigenvalue weighted by Gasteiger charge is -2.12. The smallest absolute Gasteiger partial charge is 0.0864 e. The van der Waals surface area contributed by atoms with Crippen LogP contribution in [0.5, 0.6) is 0 Å². The van der Waals surface area contributed by atoms with Crippen LogP contribution in [0.1, 0.15) is 16.5 Å². The summed E-state index contributed by atoms with van der Waals surface area (Å²) < 4.78 is 3.16. The standard InChI is InChI=1S/C15H8Br2Cl2S/c16-11-5-2-4-9(14(11)19)13(18)10-7-20-15-8(10)3-1-6-12(15)17/h1-7,13H. The first-order valence-electron chi connectivity index (χ1n) is 5.83. The van der Waals surface area contributed by atoms with Crippen LogP contribution < -0.4 is 0 Å². The molecular weight excluding hydrogens is 443 g/mol. The number of halogens is 4. The van der Waals surface area contributed by atoms with Gasteiger partial charge >= 0.3 is 0 Å². The van der Waals surface area contributed by atoms with Crippen molar-refractivity contribution in [3.63, 3.8) is 0 Å². The van der Waals surface area contributed by atoms with Crippen molar-refractivity contribution in [3.8, 4) is 0 Å². The summed E-state index contributed by atoms with van der Waals surface area (Å²) in [6, 6.07) is 12.0. The van der Waals surface area contributed by atoms with E-state index in [2.05, 4.69) is 43.3 Å². The van der Waals surface area contributed by atoms with E-state index in [4.69, 9.17) is 23.2 Å². The zero-order valence-corrected chi connectivity index (χ0v) is 15.5. The Bertz CT molecular complexity index is 783. The van der Waals surface area contributed by atoms with Crippen molar-refractivity contribution < 1.29 is 0 Å². The third-order valence-corrected chi connectivity index (χ3v) is 6.86. The maximum Gasteiger partial charge on any atom is 0.0864 e. The summed E-state index contributed by atoms with van der Waals surface area (Å²) in [5.41, 5.74) is 2.01. The number of alkyl halides is 1. The fraction of sp³-hybridized carbons (Fsp3) is 0.0667. The second kappa shape index (κ2) is 5.98. The molecule has 3 aromatic rings. The lowest BCUT2D eigenvalue weighted by molar-refractivity contribution is 1.17. The van der Waals surface area contributed by atoms with E-state index < -0.39 is 0 Å². The molecule has 102 valence electrons. The predicted molar refractivity (Wildman–Crippen MR) is 96.4 cm³/mol. The normalized spacial score (nSPS) is 12.8. The highest BCUT2D eigenvalue weighted by atomic mass is 79.9. The Hall–Kier alpha value is -0.0600. The second-order valence-corrected chi connectivity index (χ2v) is 7.72. The van der Waals surface area contributed by atoms with Crippen molar-refractivity contribution in [2.45, 2.75) is 5.38 Å². The molecule has 3 rings (SSSR count). The highest BCUT2D eigenvalue weighted by Crippen LogP contribution is 2.43. The molecule has 0 aliphatic heterocycles. The van der Waals surface area contributed by atoms with Crippen LogP contribution in [0.15, 0.2) is 50.7 Å². The predicted octanol–water partition coefficient (Wildman–Crippen LogP) is 7.41. The SMILES string of the molecule is Clc1c(Br)cccc1C(Cl)c1csc2c(Br)cccc12. The van der Waals surface area contributed by atoms with Crippen LogP contribution in [0.3, 0.4) is 0 Å². The molecule has 0 N–H and O–H groups in total. The summed E-state index contributed by atoms with van der Waals surface area (Å²) in [5.74, 6) is 0. The molecule has 1 unspecified atom stereocenters. The van der Waals surface area contributed by atoms with E-state index in [9.17, 15) is 0 Å². The van der Waals surface area contributed by atoms with Crippen molar-refractivity contribution in [1.82, 2.24) is 0 Å². The Balaban J connectivity index is 2.16. The highest BCUT2D eigenvalue weighted by Gasteiger charge is 2.19. The van der Waals surface area contributed by atoms with Gasteiger partial charge in [0, 0.05) is 13.6 Å². The molecule has 0 aliphatic rings. The number of fused-ring (bicyclic) bond motifs is 1. The first-order valence-corrected chi connectivity index (χ1v) is 9.11. The Morgan fingerprint density at radius 2 is 1.65 bits per heavy atom. The Morgan fingerprint density at radius 1 is 0.950 bits per heavy atom. The van der Waals surface area contributed by atoms with Crippen molar-refractivity contribution in [1.29, 1.82) is 0 Å². The summed E-state index contributed by atoms with van der Waals surface area (Å²) in [6.07, 6.45) is 0. The largest absolute Gasteiger partial charge is 0.142 e. The van der Waals surface area contributed by atoms with E-state index in [-0.39, 0.29) is 5.38 Å². The van der Waals surface area contributed by atoms with Gasteiger partial charge in [0.2, 0.25) is 0 Å². The van der Waals surface area contributed by atoms with Crippen molar-refractivity contribution in [2.24, 2.45) is 0 Å². The number of hydrogen-bond donors (Lipinski definition) is 0. The zero-order chi connectivity index (χ0) is 14.3. The molecular formula is C15H8Br2Cl2S. The van der Waals surface area contributed by atoms with Crippen molar-refractivity contribution in [3.05, 3.63) is 66.9 Å². The molecule has 0 nitrogen and oxygen atoms in total. The topological polar surface area (TPSA) is 0 Å². The third-order valence-electron chi connectivity index (χ3n) is 3.11. The van der Waals surface area contributed by atoms with Crippen LogP contribution in [0.4, 0.5) is 0 Å². The van der Waals surface area contributed by atoms with E-state index in [0.29, 0.717) is 5.02 Å². The molecule has 0 spiro atoms. The quantitative estimate of drug-likeness (QED) is 0.356. The van der Waals surface area contributed by atoms with Gasteiger partial charge in [0.1, 0.15) is 0 Å². The molecule has 20 heavy (non-hydrogen) atoms. The molecule has 0 saturated carbocycles. The third kappa shape index (κ3) is 2.55. The van der Waals surface area contributed by atoms with Gasteiger partial charge < -0.3 is 0 Å². The van der Waals surface area contributed by atoms with Gasteiger partial charge in [0.15, 0.2) is 0 Å². The minimum Gasteiger partial charge on any atom is -0.142 e. The minimum absolute atomic E-state index is 0.261. The molecule has 1 heterocycles. The number of thiophene rings is 1. The molecule has 5 heteroatoms. The molecule has 0 bridgehead atoms. The van der Waals surface area contributed by atoms with Gasteiger partial charge in [-0.25, -0.2) is 0 Å². The zero-order valence-electron chi connectivity index (χ0n) is 10.0. The van der Waals surface area contributed by atoms with Gasteiger partial charge in [-0.3, -0.25) is 0 Å². The van der Waals surface area contributed by atoms with Crippen molar-refractivity contribution >= 4 is 76.5 Å². The van der Waals surface area contributed by atoms with Gasteiger partial charge in [-0.05, 0) is 65.9 Å². The Labute approximate surface area is 148 Å². The van der Waals surface area contributed by atoms with Crippen LogP contribution in [-0.4, -0.2) is 0 Å². The second-order valence-electron chi connectivity index (χ2n) is 4.31. The van der Waals surface area contributed by atoms with Crippen LogP contribution in [0, 0.1) is 0 Å². The summed E-state index contributed by atoms with van der Waals surface area (Å²) in [4.78, 5) is 0. The first kappa shape index (κ1) is 14.9. The fourth-order valence-corrected chi connectivity index (χ4v) is 4.88. The first-order chi connectivity index (χ1) is 9.59. The molecule has 1 aromatic heterocycles. The van der Waals surface area contributed by atoms with E-state index >= 15 is 0 Å². The van der Waals surface area contributed by atoms with Gasteiger partial charge in [0.05, 0.1) is 10.4 Å². The molecule has 2 aromatic carbocycles. The lowest BCUT2D eigenvalue weighted by Crippen LogP contribution is -1.93. The monoisotopic (exact) mass is 448 g/mol. The molecule has 0 saturated heterocycles. The van der Waals surface area contributed by atoms with E-state index in [1.807, 2.05) is 30.3 Å². The summed E-state index contributed by atoms with van der Waals surface area (Å²) in [7, 11) is 0.